The minimum absolute atomic E-state index is 0.198. The molecule has 0 aliphatic carbocycles. The predicted molar refractivity (Wildman–Crippen MR) is 107 cm³/mol. The van der Waals surface area contributed by atoms with Crippen molar-refractivity contribution < 1.29 is 18.7 Å². The molecule has 0 aromatic heterocycles. The molecule has 2 amide bonds. The molecule has 1 N–H and O–H groups in total. The Bertz CT molecular complexity index is 786. The van der Waals surface area contributed by atoms with Gasteiger partial charge in [-0.3, -0.25) is 0 Å². The maximum Gasteiger partial charge on any atom is 0.317 e. The van der Waals surface area contributed by atoms with Crippen LogP contribution >= 0.6 is 15.9 Å². The van der Waals surface area contributed by atoms with Gasteiger partial charge in [-0.1, -0.05) is 22.0 Å². The van der Waals surface area contributed by atoms with Crippen LogP contribution in [0.5, 0.6) is 11.5 Å². The van der Waals surface area contributed by atoms with E-state index >= 15 is 0 Å². The zero-order valence-electron chi connectivity index (χ0n) is 15.7. The lowest BCUT2D eigenvalue weighted by molar-refractivity contribution is 0.206. The minimum atomic E-state index is -0.238. The summed E-state index contributed by atoms with van der Waals surface area (Å²) in [7, 11) is 4.89. The number of carbonyl (C=O) groups is 1. The molecule has 0 heterocycles. The smallest absolute Gasteiger partial charge is 0.317 e. The van der Waals surface area contributed by atoms with Gasteiger partial charge in [-0.15, -0.1) is 0 Å². The molecule has 0 spiro atoms. The first-order valence-electron chi connectivity index (χ1n) is 8.58. The number of ether oxygens (including phenoxy) is 2. The van der Waals surface area contributed by atoms with Crippen LogP contribution in [0.15, 0.2) is 40.9 Å². The summed E-state index contributed by atoms with van der Waals surface area (Å²) in [5.41, 5.74) is 1.49. The van der Waals surface area contributed by atoms with Gasteiger partial charge in [0.1, 0.15) is 17.3 Å². The van der Waals surface area contributed by atoms with Gasteiger partial charge in [0.25, 0.3) is 0 Å². The quantitative estimate of drug-likeness (QED) is 0.622. The zero-order chi connectivity index (χ0) is 19.8. The first kappa shape index (κ1) is 21.0. The van der Waals surface area contributed by atoms with E-state index in [0.717, 1.165) is 5.56 Å². The number of aryl methyl sites for hydroxylation is 1. The fourth-order valence-electron chi connectivity index (χ4n) is 2.67. The summed E-state index contributed by atoms with van der Waals surface area (Å²) in [4.78, 5) is 13.9. The molecule has 0 radical (unpaired) electrons. The average molecular weight is 439 g/mol. The summed E-state index contributed by atoms with van der Waals surface area (Å²) >= 11 is 3.24. The summed E-state index contributed by atoms with van der Waals surface area (Å²) in [6.45, 7) is 0.849. The second-order valence-electron chi connectivity index (χ2n) is 6.11. The van der Waals surface area contributed by atoms with E-state index in [2.05, 4.69) is 21.2 Å². The van der Waals surface area contributed by atoms with Gasteiger partial charge in [0.05, 0.1) is 20.8 Å². The number of nitrogens with one attached hydrogen (secondary N) is 1. The number of carbonyl (C=O) groups excluding carboxylic acids is 1. The number of halogens is 2. The zero-order valence-corrected chi connectivity index (χ0v) is 17.3. The fraction of sp³-hybridized carbons (Fsp3) is 0.350. The lowest BCUT2D eigenvalue weighted by Crippen LogP contribution is -2.37. The Hall–Kier alpha value is -2.28. The molecule has 0 unspecified atom stereocenters. The van der Waals surface area contributed by atoms with Crippen LogP contribution in [0.4, 0.5) is 9.18 Å². The van der Waals surface area contributed by atoms with Crippen molar-refractivity contribution in [2.75, 3.05) is 27.8 Å². The molecule has 146 valence electrons. The highest BCUT2D eigenvalue weighted by Crippen LogP contribution is 2.25. The standard InChI is InChI=1S/C20H24BrFN2O3/c1-24(13-15-11-17(26-2)8-9-19(15)27-3)20(25)23-10-4-5-14-6-7-16(21)12-18(14)22/h6-9,11-12H,4-5,10,13H2,1-3H3,(H,23,25). The molecule has 0 aliphatic rings. The normalized spacial score (nSPS) is 10.4. The Morgan fingerprint density at radius 2 is 1.93 bits per heavy atom. The first-order chi connectivity index (χ1) is 12.9. The summed E-state index contributed by atoms with van der Waals surface area (Å²) in [6.07, 6.45) is 1.22. The van der Waals surface area contributed by atoms with E-state index in [9.17, 15) is 9.18 Å². The van der Waals surface area contributed by atoms with E-state index in [4.69, 9.17) is 9.47 Å². The van der Waals surface area contributed by atoms with Crippen molar-refractivity contribution in [2.45, 2.75) is 19.4 Å². The molecule has 2 rings (SSSR count). The molecule has 27 heavy (non-hydrogen) atoms. The highest BCUT2D eigenvalue weighted by Gasteiger charge is 2.13. The van der Waals surface area contributed by atoms with Gasteiger partial charge in [0, 0.05) is 23.6 Å². The monoisotopic (exact) mass is 438 g/mol. The van der Waals surface area contributed by atoms with Crippen LogP contribution in [0.1, 0.15) is 17.5 Å². The number of urea groups is 1. The topological polar surface area (TPSA) is 50.8 Å². The van der Waals surface area contributed by atoms with Gasteiger partial charge >= 0.3 is 6.03 Å². The molecule has 0 bridgehead atoms. The molecule has 5 nitrogen and oxygen atoms in total. The van der Waals surface area contributed by atoms with E-state index in [-0.39, 0.29) is 11.8 Å². The highest BCUT2D eigenvalue weighted by molar-refractivity contribution is 9.10. The molecule has 0 aliphatic heterocycles. The van der Waals surface area contributed by atoms with E-state index in [1.807, 2.05) is 24.3 Å². The highest BCUT2D eigenvalue weighted by atomic mass is 79.9. The van der Waals surface area contributed by atoms with Crippen LogP contribution in [-0.4, -0.2) is 38.7 Å². The summed E-state index contributed by atoms with van der Waals surface area (Å²) in [5, 5.41) is 2.85. The Morgan fingerprint density at radius 3 is 2.59 bits per heavy atom. The van der Waals surface area contributed by atoms with Crippen molar-refractivity contribution in [1.29, 1.82) is 0 Å². The predicted octanol–water partition coefficient (Wildman–Crippen LogP) is 4.38. The number of nitrogens with zero attached hydrogens (tertiary/aromatic N) is 1. The SMILES string of the molecule is COc1ccc(OC)c(CN(C)C(=O)NCCCc2ccc(Br)cc2F)c1. The molecule has 0 saturated carbocycles. The molecular formula is C20H24BrFN2O3. The van der Waals surface area contributed by atoms with E-state index in [1.165, 1.54) is 6.07 Å². The third-order valence-electron chi connectivity index (χ3n) is 4.16. The van der Waals surface area contributed by atoms with Gasteiger partial charge in [-0.05, 0) is 48.7 Å². The number of hydrogen-bond acceptors (Lipinski definition) is 3. The van der Waals surface area contributed by atoms with Crippen molar-refractivity contribution in [3.63, 3.8) is 0 Å². The Kier molecular flexibility index (Phi) is 7.91. The maximum absolute atomic E-state index is 13.8. The number of benzene rings is 2. The van der Waals surface area contributed by atoms with E-state index in [1.54, 1.807) is 32.2 Å². The number of amides is 2. The van der Waals surface area contributed by atoms with Gasteiger partial charge in [0.15, 0.2) is 0 Å². The largest absolute Gasteiger partial charge is 0.497 e. The van der Waals surface area contributed by atoms with Crippen molar-refractivity contribution >= 4 is 22.0 Å². The molecule has 0 fully saturated rings. The Labute approximate surface area is 167 Å². The van der Waals surface area contributed by atoms with Crippen molar-refractivity contribution in [3.05, 3.63) is 57.8 Å². The lowest BCUT2D eigenvalue weighted by Gasteiger charge is -2.20. The molecule has 0 atom stereocenters. The van der Waals surface area contributed by atoms with Gasteiger partial charge in [-0.2, -0.15) is 0 Å². The van der Waals surface area contributed by atoms with Crippen LogP contribution in [0, 0.1) is 5.82 Å². The van der Waals surface area contributed by atoms with Crippen LogP contribution < -0.4 is 14.8 Å². The van der Waals surface area contributed by atoms with Crippen LogP contribution in [0.3, 0.4) is 0 Å². The summed E-state index contributed by atoms with van der Waals surface area (Å²) < 4.78 is 25.1. The molecular weight excluding hydrogens is 415 g/mol. The van der Waals surface area contributed by atoms with E-state index in [0.29, 0.717) is 47.5 Å². The van der Waals surface area contributed by atoms with Gasteiger partial charge < -0.3 is 19.7 Å². The Morgan fingerprint density at radius 1 is 1.15 bits per heavy atom. The maximum atomic E-state index is 13.8. The third-order valence-corrected chi connectivity index (χ3v) is 4.65. The second kappa shape index (κ2) is 10.2. The third kappa shape index (κ3) is 6.13. The molecule has 7 heteroatoms. The minimum Gasteiger partial charge on any atom is -0.497 e. The van der Waals surface area contributed by atoms with Gasteiger partial charge in [-0.25, -0.2) is 9.18 Å². The summed E-state index contributed by atoms with van der Waals surface area (Å²) in [6, 6.07) is 10.3. The molecule has 2 aromatic carbocycles. The Balaban J connectivity index is 1.83. The fourth-order valence-corrected chi connectivity index (χ4v) is 3.00. The number of hydrogen-bond donors (Lipinski definition) is 1. The summed E-state index contributed by atoms with van der Waals surface area (Å²) in [5.74, 6) is 1.16. The molecule has 0 saturated heterocycles. The number of rotatable bonds is 8. The number of methoxy groups -OCH3 is 2. The van der Waals surface area contributed by atoms with Crippen molar-refractivity contribution in [3.8, 4) is 11.5 Å². The van der Waals surface area contributed by atoms with Crippen LogP contribution in [0.25, 0.3) is 0 Å². The second-order valence-corrected chi connectivity index (χ2v) is 7.02. The van der Waals surface area contributed by atoms with Gasteiger partial charge in [0.2, 0.25) is 0 Å². The average Bonchev–Trinajstić information content (AvgIpc) is 2.66. The van der Waals surface area contributed by atoms with Crippen LogP contribution in [-0.2, 0) is 13.0 Å². The van der Waals surface area contributed by atoms with E-state index < -0.39 is 0 Å². The van der Waals surface area contributed by atoms with Crippen LogP contribution in [0.2, 0.25) is 0 Å². The lowest BCUT2D eigenvalue weighted by atomic mass is 10.1. The van der Waals surface area contributed by atoms with Crippen molar-refractivity contribution in [2.24, 2.45) is 0 Å². The first-order valence-corrected chi connectivity index (χ1v) is 9.37. The van der Waals surface area contributed by atoms with Crippen molar-refractivity contribution in [1.82, 2.24) is 10.2 Å². The molecule has 2 aromatic rings.